The number of hydrogen-bond donors (Lipinski definition) is 1. The van der Waals surface area contributed by atoms with Crippen LogP contribution in [0.2, 0.25) is 0 Å². The number of aromatic nitrogens is 3. The number of hydrogen-bond acceptors (Lipinski definition) is 4. The first-order chi connectivity index (χ1) is 11.3. The second-order valence-electron chi connectivity index (χ2n) is 5.66. The second-order valence-corrected chi connectivity index (χ2v) is 7.37. The molecular formula is C16H18N4O3S. The summed E-state index contributed by atoms with van der Waals surface area (Å²) in [6.07, 6.45) is 1.42. The van der Waals surface area contributed by atoms with E-state index in [0.29, 0.717) is 5.82 Å². The highest BCUT2D eigenvalue weighted by Gasteiger charge is 2.21. The minimum absolute atomic E-state index is 0.0403. The summed E-state index contributed by atoms with van der Waals surface area (Å²) in [7, 11) is -2.23. The van der Waals surface area contributed by atoms with E-state index in [0.717, 1.165) is 5.56 Å². The molecule has 1 aromatic carbocycles. The monoisotopic (exact) mass is 346 g/mol. The Hall–Kier alpha value is -2.45. The van der Waals surface area contributed by atoms with Gasteiger partial charge in [-0.15, -0.1) is 0 Å². The van der Waals surface area contributed by atoms with Crippen LogP contribution in [0.25, 0.3) is 5.52 Å². The predicted molar refractivity (Wildman–Crippen MR) is 90.3 cm³/mol. The Morgan fingerprint density at radius 3 is 2.54 bits per heavy atom. The summed E-state index contributed by atoms with van der Waals surface area (Å²) in [5, 5.41) is 4.06. The molecule has 3 rings (SSSR count). The summed E-state index contributed by atoms with van der Waals surface area (Å²) >= 11 is 0. The van der Waals surface area contributed by atoms with Crippen LogP contribution in [0.1, 0.15) is 24.4 Å². The molecule has 0 radical (unpaired) electrons. The summed E-state index contributed by atoms with van der Waals surface area (Å²) < 4.78 is 30.6. The van der Waals surface area contributed by atoms with Crippen molar-refractivity contribution >= 4 is 15.5 Å². The summed E-state index contributed by atoms with van der Waals surface area (Å²) in [4.78, 5) is 12.2. The zero-order valence-electron chi connectivity index (χ0n) is 13.6. The molecule has 0 aliphatic rings. The van der Waals surface area contributed by atoms with E-state index in [4.69, 9.17) is 0 Å². The van der Waals surface area contributed by atoms with Gasteiger partial charge in [0.1, 0.15) is 16.2 Å². The number of sulfonamides is 1. The van der Waals surface area contributed by atoms with E-state index < -0.39 is 10.0 Å². The third kappa shape index (κ3) is 2.85. The molecule has 3 aromatic rings. The van der Waals surface area contributed by atoms with Crippen molar-refractivity contribution < 1.29 is 8.42 Å². The van der Waals surface area contributed by atoms with Crippen molar-refractivity contribution in [3.05, 3.63) is 64.3 Å². The van der Waals surface area contributed by atoms with Crippen molar-refractivity contribution in [1.29, 1.82) is 0 Å². The van der Waals surface area contributed by atoms with Crippen LogP contribution in [0.15, 0.2) is 52.3 Å². The molecule has 1 atom stereocenters. The minimum atomic E-state index is -3.76. The number of nitrogens with one attached hydrogen (secondary N) is 1. The van der Waals surface area contributed by atoms with Gasteiger partial charge in [-0.3, -0.25) is 9.20 Å². The van der Waals surface area contributed by atoms with E-state index in [1.807, 2.05) is 30.3 Å². The number of fused-ring (bicyclic) bond motifs is 1. The van der Waals surface area contributed by atoms with Gasteiger partial charge in [0.15, 0.2) is 0 Å². The van der Waals surface area contributed by atoms with Crippen LogP contribution in [-0.2, 0) is 17.1 Å². The fourth-order valence-corrected chi connectivity index (χ4v) is 3.85. The van der Waals surface area contributed by atoms with Crippen molar-refractivity contribution in [2.24, 2.45) is 7.05 Å². The molecular weight excluding hydrogens is 328 g/mol. The first kappa shape index (κ1) is 16.4. The summed E-state index contributed by atoms with van der Waals surface area (Å²) in [6, 6.07) is 10.3. The largest absolute Gasteiger partial charge is 0.298 e. The molecule has 7 nitrogen and oxygen atoms in total. The van der Waals surface area contributed by atoms with Crippen LogP contribution in [0.4, 0.5) is 0 Å². The molecule has 126 valence electrons. The average Bonchev–Trinajstić information content (AvgIpc) is 3.00. The third-order valence-corrected chi connectivity index (χ3v) is 5.40. The first-order valence-corrected chi connectivity index (χ1v) is 8.91. The van der Waals surface area contributed by atoms with Gasteiger partial charge in [0.25, 0.3) is 5.56 Å². The molecule has 2 aromatic heterocycles. The zero-order chi connectivity index (χ0) is 17.5. The minimum Gasteiger partial charge on any atom is -0.298 e. The summed E-state index contributed by atoms with van der Waals surface area (Å²) in [5.41, 5.74) is 0.787. The van der Waals surface area contributed by atoms with E-state index in [-0.39, 0.29) is 22.0 Å². The maximum Gasteiger partial charge on any atom is 0.290 e. The molecule has 24 heavy (non-hydrogen) atoms. The standard InChI is InChI=1S/C16H18N4O3S/c1-11(13-7-5-4-6-8-13)18-24(22,23)14-9-15-16(21)19(3)17-12(2)20(15)10-14/h4-11,18H,1-3H3/t11-/m1/s1. The van der Waals surface area contributed by atoms with Gasteiger partial charge in [-0.05, 0) is 25.5 Å². The van der Waals surface area contributed by atoms with Crippen LogP contribution in [0, 0.1) is 6.92 Å². The average molecular weight is 346 g/mol. The second kappa shape index (κ2) is 5.88. The van der Waals surface area contributed by atoms with Crippen molar-refractivity contribution in [2.75, 3.05) is 0 Å². The Kier molecular flexibility index (Phi) is 4.02. The van der Waals surface area contributed by atoms with Gasteiger partial charge in [0.05, 0.1) is 0 Å². The Morgan fingerprint density at radius 1 is 1.21 bits per heavy atom. The summed E-state index contributed by atoms with van der Waals surface area (Å²) in [5.74, 6) is 0.532. The number of aryl methyl sites for hydroxylation is 2. The highest BCUT2D eigenvalue weighted by molar-refractivity contribution is 7.89. The van der Waals surface area contributed by atoms with Crippen molar-refractivity contribution in [2.45, 2.75) is 24.8 Å². The van der Waals surface area contributed by atoms with Gasteiger partial charge < -0.3 is 0 Å². The molecule has 1 N–H and O–H groups in total. The quantitative estimate of drug-likeness (QED) is 0.773. The van der Waals surface area contributed by atoms with Gasteiger partial charge in [-0.2, -0.15) is 5.10 Å². The maximum absolute atomic E-state index is 12.6. The molecule has 0 spiro atoms. The lowest BCUT2D eigenvalue weighted by Crippen LogP contribution is -2.26. The Bertz CT molecular complexity index is 1050. The molecule has 0 aliphatic heterocycles. The molecule has 2 heterocycles. The SMILES string of the molecule is Cc1nn(C)c(=O)c2cc(S(=O)(=O)N[C@H](C)c3ccccc3)cn12. The topological polar surface area (TPSA) is 85.5 Å². The maximum atomic E-state index is 12.6. The highest BCUT2D eigenvalue weighted by atomic mass is 32.2. The molecule has 0 unspecified atom stereocenters. The zero-order valence-corrected chi connectivity index (χ0v) is 14.4. The molecule has 0 bridgehead atoms. The number of rotatable bonds is 4. The Labute approximate surface area is 139 Å². The fraction of sp³-hybridized carbons (Fsp3) is 0.250. The predicted octanol–water partition coefficient (Wildman–Crippen LogP) is 1.38. The highest BCUT2D eigenvalue weighted by Crippen LogP contribution is 2.18. The lowest BCUT2D eigenvalue weighted by molar-refractivity contribution is 0.567. The van der Waals surface area contributed by atoms with Crippen molar-refractivity contribution in [3.8, 4) is 0 Å². The lowest BCUT2D eigenvalue weighted by Gasteiger charge is -2.13. The van der Waals surface area contributed by atoms with Crippen LogP contribution in [0.3, 0.4) is 0 Å². The summed E-state index contributed by atoms with van der Waals surface area (Å²) in [6.45, 7) is 3.48. The lowest BCUT2D eigenvalue weighted by atomic mass is 10.1. The van der Waals surface area contributed by atoms with E-state index in [2.05, 4.69) is 9.82 Å². The van der Waals surface area contributed by atoms with Crippen LogP contribution in [0.5, 0.6) is 0 Å². The van der Waals surface area contributed by atoms with Crippen molar-refractivity contribution in [3.63, 3.8) is 0 Å². The fourth-order valence-electron chi connectivity index (χ4n) is 2.60. The molecule has 8 heteroatoms. The van der Waals surface area contributed by atoms with Gasteiger partial charge in [-0.1, -0.05) is 30.3 Å². The molecule has 0 aliphatic carbocycles. The van der Waals surface area contributed by atoms with Gasteiger partial charge in [-0.25, -0.2) is 17.8 Å². The molecule has 0 saturated heterocycles. The van der Waals surface area contributed by atoms with Gasteiger partial charge >= 0.3 is 0 Å². The first-order valence-electron chi connectivity index (χ1n) is 7.43. The van der Waals surface area contributed by atoms with Crippen LogP contribution in [-0.4, -0.2) is 22.6 Å². The molecule has 0 saturated carbocycles. The van der Waals surface area contributed by atoms with Gasteiger partial charge in [0, 0.05) is 19.3 Å². The Balaban J connectivity index is 2.01. The van der Waals surface area contributed by atoms with E-state index in [1.54, 1.807) is 13.8 Å². The molecule has 0 fully saturated rings. The molecule has 0 amide bonds. The van der Waals surface area contributed by atoms with E-state index >= 15 is 0 Å². The number of benzene rings is 1. The smallest absolute Gasteiger partial charge is 0.290 e. The van der Waals surface area contributed by atoms with Crippen LogP contribution < -0.4 is 10.3 Å². The van der Waals surface area contributed by atoms with Crippen molar-refractivity contribution in [1.82, 2.24) is 18.9 Å². The Morgan fingerprint density at radius 2 is 1.88 bits per heavy atom. The van der Waals surface area contributed by atoms with E-state index in [1.165, 1.54) is 28.4 Å². The van der Waals surface area contributed by atoms with Crippen LogP contribution >= 0.6 is 0 Å². The normalized spacial score (nSPS) is 13.3. The number of nitrogens with zero attached hydrogens (tertiary/aromatic N) is 3. The van der Waals surface area contributed by atoms with Gasteiger partial charge in [0.2, 0.25) is 10.0 Å². The van der Waals surface area contributed by atoms with E-state index in [9.17, 15) is 13.2 Å². The third-order valence-electron chi connectivity index (χ3n) is 3.89.